The predicted molar refractivity (Wildman–Crippen MR) is 201 cm³/mol. The molecule has 5 fully saturated rings. The number of ether oxygens (including phenoxy) is 2. The normalized spacial score (nSPS) is 27.6. The predicted octanol–water partition coefficient (Wildman–Crippen LogP) is 8.65. The van der Waals surface area contributed by atoms with Gasteiger partial charge < -0.3 is 30.3 Å². The van der Waals surface area contributed by atoms with Crippen molar-refractivity contribution in [1.29, 1.82) is 0 Å². The van der Waals surface area contributed by atoms with Gasteiger partial charge in [-0.3, -0.25) is 0 Å². The van der Waals surface area contributed by atoms with E-state index in [1.165, 1.54) is 31.0 Å². The van der Waals surface area contributed by atoms with Gasteiger partial charge in [0.1, 0.15) is 0 Å². The van der Waals surface area contributed by atoms with Crippen LogP contribution in [0.1, 0.15) is 90.0 Å². The van der Waals surface area contributed by atoms with Gasteiger partial charge in [0.15, 0.2) is 6.29 Å². The number of benzene rings is 4. The molecule has 52 heavy (non-hydrogen) atoms. The second-order valence-electron chi connectivity index (χ2n) is 15.2. The maximum Gasteiger partial charge on any atom is 0.336 e. The van der Waals surface area contributed by atoms with Crippen molar-refractivity contribution in [2.24, 2.45) is 17.8 Å². The van der Waals surface area contributed by atoms with E-state index in [0.717, 1.165) is 70.4 Å². The molecule has 9 heteroatoms. The molecule has 1 aliphatic heterocycles. The molecule has 9 rings (SSSR count). The van der Waals surface area contributed by atoms with Crippen LogP contribution in [-0.2, 0) is 22.6 Å². The van der Waals surface area contributed by atoms with Gasteiger partial charge in [-0.05, 0) is 96.2 Å². The number of carbonyl (C=O) groups excluding carboxylic acids is 1. The molecule has 4 N–H and O–H groups in total. The van der Waals surface area contributed by atoms with Crippen molar-refractivity contribution in [3.05, 3.63) is 125 Å². The number of nitrogens with one attached hydrogen (secondary N) is 2. The van der Waals surface area contributed by atoms with Gasteiger partial charge in [-0.25, -0.2) is 9.59 Å². The molecule has 4 saturated carbocycles. The highest BCUT2D eigenvalue weighted by Crippen LogP contribution is 2.55. The Labute approximate surface area is 309 Å². The van der Waals surface area contributed by atoms with Crippen LogP contribution in [0.25, 0.3) is 11.1 Å². The van der Waals surface area contributed by atoms with Crippen molar-refractivity contribution in [2.45, 2.75) is 87.0 Å². The monoisotopic (exact) mass is 718 g/mol. The molecule has 4 aromatic carbocycles. The molecule has 0 radical (unpaired) electrons. The summed E-state index contributed by atoms with van der Waals surface area (Å²) in [6.07, 6.45) is 6.93. The summed E-state index contributed by atoms with van der Waals surface area (Å²) in [5, 5.41) is 25.9. The number of carboxylic acids is 1. The van der Waals surface area contributed by atoms with E-state index in [0.29, 0.717) is 23.6 Å². The van der Waals surface area contributed by atoms with E-state index >= 15 is 0 Å². The topological polar surface area (TPSA) is 117 Å². The van der Waals surface area contributed by atoms with Gasteiger partial charge in [0.05, 0.1) is 24.4 Å². The van der Waals surface area contributed by atoms with Crippen molar-refractivity contribution in [3.63, 3.8) is 0 Å². The Bertz CT molecular complexity index is 1860. The Kier molecular flexibility index (Phi) is 10.1. The molecule has 1 heterocycles. The van der Waals surface area contributed by atoms with E-state index in [1.807, 2.05) is 60.7 Å². The largest absolute Gasteiger partial charge is 0.478 e. The number of hydrogen-bond donors (Lipinski definition) is 4. The Morgan fingerprint density at radius 2 is 1.42 bits per heavy atom. The summed E-state index contributed by atoms with van der Waals surface area (Å²) in [7, 11) is 0. The average molecular weight is 719 g/mol. The highest BCUT2D eigenvalue weighted by Gasteiger charge is 2.51. The molecule has 4 aromatic rings. The van der Waals surface area contributed by atoms with Crippen LogP contribution in [0, 0.1) is 17.8 Å². The number of urea groups is 1. The van der Waals surface area contributed by atoms with Crippen molar-refractivity contribution < 1.29 is 29.3 Å². The highest BCUT2D eigenvalue weighted by atomic mass is 32.2. The zero-order valence-corrected chi connectivity index (χ0v) is 30.0. The van der Waals surface area contributed by atoms with E-state index in [2.05, 4.69) is 34.9 Å². The number of thioether (sulfide) groups is 1. The first-order valence-corrected chi connectivity index (χ1v) is 19.5. The van der Waals surface area contributed by atoms with Crippen LogP contribution in [0.4, 0.5) is 4.79 Å². The minimum absolute atomic E-state index is 0.0274. The maximum absolute atomic E-state index is 13.2. The van der Waals surface area contributed by atoms with Gasteiger partial charge in [0.2, 0.25) is 0 Å². The Morgan fingerprint density at radius 3 is 2.12 bits per heavy atom. The molecule has 0 unspecified atom stereocenters. The summed E-state index contributed by atoms with van der Waals surface area (Å²) in [6, 6.07) is 31.2. The van der Waals surface area contributed by atoms with Gasteiger partial charge in [0, 0.05) is 34.7 Å². The molecule has 4 aliphatic carbocycles. The summed E-state index contributed by atoms with van der Waals surface area (Å²) in [4.78, 5) is 25.8. The van der Waals surface area contributed by atoms with Gasteiger partial charge in [-0.2, -0.15) is 0 Å². The summed E-state index contributed by atoms with van der Waals surface area (Å²) in [5.74, 6) is 1.93. The summed E-state index contributed by atoms with van der Waals surface area (Å²) >= 11 is 1.48. The zero-order chi connectivity index (χ0) is 35.7. The number of hydrogen-bond acceptors (Lipinski definition) is 6. The quantitative estimate of drug-likeness (QED) is 0.115. The van der Waals surface area contributed by atoms with E-state index in [-0.39, 0.29) is 35.9 Å². The molecule has 0 aromatic heterocycles. The van der Waals surface area contributed by atoms with E-state index in [1.54, 1.807) is 12.1 Å². The molecule has 4 bridgehead atoms. The number of carbonyl (C=O) groups is 2. The third-order valence-electron chi connectivity index (χ3n) is 11.5. The van der Waals surface area contributed by atoms with Crippen LogP contribution in [0.3, 0.4) is 0 Å². The fourth-order valence-corrected chi connectivity index (χ4v) is 10.5. The number of rotatable bonds is 11. The lowest BCUT2D eigenvalue weighted by atomic mass is 9.53. The van der Waals surface area contributed by atoms with E-state index in [4.69, 9.17) is 9.47 Å². The Morgan fingerprint density at radius 1 is 0.769 bits per heavy atom. The molecule has 0 spiro atoms. The molecular weight excluding hydrogens is 673 g/mol. The molecule has 1 saturated heterocycles. The van der Waals surface area contributed by atoms with Gasteiger partial charge in [0.25, 0.3) is 0 Å². The molecule has 3 atom stereocenters. The Hall–Kier alpha value is -4.15. The van der Waals surface area contributed by atoms with Crippen LogP contribution in [0.2, 0.25) is 0 Å². The van der Waals surface area contributed by atoms with E-state index in [9.17, 15) is 19.8 Å². The summed E-state index contributed by atoms with van der Waals surface area (Å²) in [6.45, 7) is 0.409. The van der Waals surface area contributed by atoms with Gasteiger partial charge >= 0.3 is 12.0 Å². The second kappa shape index (κ2) is 15.1. The average Bonchev–Trinajstić information content (AvgIpc) is 3.16. The van der Waals surface area contributed by atoms with Crippen molar-refractivity contribution in [1.82, 2.24) is 10.6 Å². The second-order valence-corrected chi connectivity index (χ2v) is 16.3. The molecule has 5 aliphatic rings. The summed E-state index contributed by atoms with van der Waals surface area (Å²) in [5.41, 5.74) is 6.10. The lowest BCUT2D eigenvalue weighted by Crippen LogP contribution is -2.61. The molecule has 2 amide bonds. The van der Waals surface area contributed by atoms with Crippen LogP contribution >= 0.6 is 11.8 Å². The van der Waals surface area contributed by atoms with Crippen LogP contribution < -0.4 is 10.6 Å². The first-order chi connectivity index (χ1) is 25.3. The van der Waals surface area contributed by atoms with Gasteiger partial charge in [-0.15, -0.1) is 11.8 Å². The highest BCUT2D eigenvalue weighted by molar-refractivity contribution is 7.99. The first kappa shape index (κ1) is 34.9. The standard InChI is InChI=1S/C43H46N2O6S/c46-25-27-9-11-32(12-10-27)38-20-35(26-52-39-8-4-3-7-37(39)40(47)48)50-41(51-38)33-15-13-31(14-16-33)36-6-2-1-5-34(36)24-44-42(49)45-43-21-28-17-29(22-43)19-30(18-28)23-43/h1-16,28-30,35,38,41,46H,17-26H2,(H,47,48)(H2,44,45,49)/t28?,29?,30?,35-,38+,41+,43?/m0/s1. The first-order valence-electron chi connectivity index (χ1n) is 18.5. The minimum atomic E-state index is -0.950. The van der Waals surface area contributed by atoms with Crippen LogP contribution in [0.15, 0.2) is 102 Å². The lowest BCUT2D eigenvalue weighted by molar-refractivity contribution is -0.245. The SMILES string of the molecule is O=C(NCc1ccccc1-c1ccc([C@@H]2O[C@H](CSc3ccccc3C(=O)O)C[C@H](c3ccc(CO)cc3)O2)cc1)NC12CC3CC(CC(C3)C1)C2. The maximum atomic E-state index is 13.2. The third-order valence-corrected chi connectivity index (χ3v) is 12.7. The smallest absolute Gasteiger partial charge is 0.336 e. The van der Waals surface area contributed by atoms with E-state index < -0.39 is 12.3 Å². The number of aromatic carboxylic acids is 1. The van der Waals surface area contributed by atoms with Gasteiger partial charge in [-0.1, -0.05) is 84.9 Å². The zero-order valence-electron chi connectivity index (χ0n) is 29.2. The fourth-order valence-electron chi connectivity index (χ4n) is 9.47. The summed E-state index contributed by atoms with van der Waals surface area (Å²) < 4.78 is 13.1. The molecule has 8 nitrogen and oxygen atoms in total. The lowest BCUT2D eigenvalue weighted by Gasteiger charge is -2.56. The van der Waals surface area contributed by atoms with Crippen molar-refractivity contribution in [3.8, 4) is 11.1 Å². The Balaban J connectivity index is 0.958. The number of aliphatic hydroxyl groups excluding tert-OH is 1. The third kappa shape index (κ3) is 7.64. The minimum Gasteiger partial charge on any atom is -0.478 e. The van der Waals surface area contributed by atoms with Crippen LogP contribution in [-0.4, -0.2) is 39.6 Å². The van der Waals surface area contributed by atoms with Crippen molar-refractivity contribution in [2.75, 3.05) is 5.75 Å². The number of carboxylic acid groups (broad SMARTS) is 1. The molecule has 270 valence electrons. The number of aliphatic hydroxyl groups is 1. The molecular formula is C43H46N2O6S. The van der Waals surface area contributed by atoms with Crippen molar-refractivity contribution >= 4 is 23.8 Å². The van der Waals surface area contributed by atoms with Crippen LogP contribution in [0.5, 0.6) is 0 Å². The number of amides is 2. The fraction of sp³-hybridized carbons (Fsp3) is 0.395.